The van der Waals surface area contributed by atoms with Crippen molar-refractivity contribution >= 4 is 11.6 Å². The van der Waals surface area contributed by atoms with Gasteiger partial charge < -0.3 is 5.32 Å². The monoisotopic (exact) mass is 259 g/mol. The van der Waals surface area contributed by atoms with E-state index >= 15 is 0 Å². The highest BCUT2D eigenvalue weighted by atomic mass is 35.5. The first-order valence-electron chi connectivity index (χ1n) is 6.12. The Kier molecular flexibility index (Phi) is 4.05. The Labute approximate surface area is 114 Å². The summed E-state index contributed by atoms with van der Waals surface area (Å²) in [6.45, 7) is 4.17. The number of nitrogens with one attached hydrogen (secondary N) is 1. The van der Waals surface area contributed by atoms with E-state index in [9.17, 15) is 0 Å². The summed E-state index contributed by atoms with van der Waals surface area (Å²) in [7, 11) is 1.98. The van der Waals surface area contributed by atoms with Gasteiger partial charge in [0.25, 0.3) is 0 Å². The first-order valence-corrected chi connectivity index (χ1v) is 6.50. The SMILES string of the molecule is CNC(c1ccc(C)cc1)c1cccc(Cl)c1C. The zero-order valence-electron chi connectivity index (χ0n) is 11.0. The molecule has 18 heavy (non-hydrogen) atoms. The molecule has 0 saturated carbocycles. The molecule has 94 valence electrons. The molecule has 1 nitrogen and oxygen atoms in total. The zero-order chi connectivity index (χ0) is 13.1. The van der Waals surface area contributed by atoms with Gasteiger partial charge in [0.05, 0.1) is 6.04 Å². The number of hydrogen-bond donors (Lipinski definition) is 1. The van der Waals surface area contributed by atoms with E-state index in [4.69, 9.17) is 11.6 Å². The molecule has 2 aromatic rings. The standard InChI is InChI=1S/C16H18ClN/c1-11-7-9-13(10-8-11)16(18-3)14-5-4-6-15(17)12(14)2/h4-10,16,18H,1-3H3. The lowest BCUT2D eigenvalue weighted by molar-refractivity contribution is 0.687. The van der Waals surface area contributed by atoms with Gasteiger partial charge >= 0.3 is 0 Å². The maximum absolute atomic E-state index is 6.20. The third kappa shape index (κ3) is 2.58. The molecule has 0 amide bonds. The van der Waals surface area contributed by atoms with E-state index in [0.717, 1.165) is 10.6 Å². The van der Waals surface area contributed by atoms with Crippen LogP contribution in [0.4, 0.5) is 0 Å². The van der Waals surface area contributed by atoms with Crippen molar-refractivity contribution in [1.82, 2.24) is 5.32 Å². The van der Waals surface area contributed by atoms with Crippen LogP contribution in [0.5, 0.6) is 0 Å². The first kappa shape index (κ1) is 13.1. The molecule has 0 radical (unpaired) electrons. The molecule has 0 heterocycles. The summed E-state index contributed by atoms with van der Waals surface area (Å²) in [6.07, 6.45) is 0. The van der Waals surface area contributed by atoms with Crippen molar-refractivity contribution in [3.63, 3.8) is 0 Å². The summed E-state index contributed by atoms with van der Waals surface area (Å²) in [5, 5.41) is 4.18. The molecular weight excluding hydrogens is 242 g/mol. The van der Waals surface area contributed by atoms with Gasteiger partial charge in [0.1, 0.15) is 0 Å². The molecule has 0 fully saturated rings. The normalized spacial score (nSPS) is 12.4. The third-order valence-electron chi connectivity index (χ3n) is 3.32. The fraction of sp³-hybridized carbons (Fsp3) is 0.250. The van der Waals surface area contributed by atoms with Crippen LogP contribution in [0.1, 0.15) is 28.3 Å². The van der Waals surface area contributed by atoms with Crippen LogP contribution < -0.4 is 5.32 Å². The van der Waals surface area contributed by atoms with Gasteiger partial charge in [-0.25, -0.2) is 0 Å². The Balaban J connectivity index is 2.45. The Bertz CT molecular complexity index is 531. The number of aryl methyl sites for hydroxylation is 1. The van der Waals surface area contributed by atoms with E-state index in [-0.39, 0.29) is 6.04 Å². The summed E-state index contributed by atoms with van der Waals surface area (Å²) >= 11 is 6.20. The smallest absolute Gasteiger partial charge is 0.0577 e. The van der Waals surface area contributed by atoms with Crippen LogP contribution >= 0.6 is 11.6 Å². The molecule has 0 aromatic heterocycles. The number of benzene rings is 2. The van der Waals surface area contributed by atoms with Crippen molar-refractivity contribution in [1.29, 1.82) is 0 Å². The van der Waals surface area contributed by atoms with Crippen LogP contribution in [-0.4, -0.2) is 7.05 Å². The van der Waals surface area contributed by atoms with Crippen LogP contribution in [0.15, 0.2) is 42.5 Å². The summed E-state index contributed by atoms with van der Waals surface area (Å²) < 4.78 is 0. The van der Waals surface area contributed by atoms with Gasteiger partial charge in [-0.2, -0.15) is 0 Å². The molecule has 0 spiro atoms. The Morgan fingerprint density at radius 1 is 1.00 bits per heavy atom. The average Bonchev–Trinajstić information content (AvgIpc) is 2.37. The summed E-state index contributed by atoms with van der Waals surface area (Å²) in [5.41, 5.74) is 4.90. The van der Waals surface area contributed by atoms with Gasteiger partial charge in [-0.05, 0) is 43.7 Å². The third-order valence-corrected chi connectivity index (χ3v) is 3.73. The lowest BCUT2D eigenvalue weighted by Gasteiger charge is -2.20. The number of halogens is 1. The molecule has 2 rings (SSSR count). The topological polar surface area (TPSA) is 12.0 Å². The van der Waals surface area contributed by atoms with E-state index in [0.29, 0.717) is 0 Å². The van der Waals surface area contributed by atoms with Gasteiger partial charge in [0, 0.05) is 5.02 Å². The first-order chi connectivity index (χ1) is 8.63. The largest absolute Gasteiger partial charge is 0.309 e. The summed E-state index contributed by atoms with van der Waals surface area (Å²) in [6, 6.07) is 14.9. The lowest BCUT2D eigenvalue weighted by Crippen LogP contribution is -2.18. The fourth-order valence-corrected chi connectivity index (χ4v) is 2.38. The second-order valence-electron chi connectivity index (χ2n) is 4.59. The predicted molar refractivity (Wildman–Crippen MR) is 78.3 cm³/mol. The number of rotatable bonds is 3. The molecule has 0 aliphatic heterocycles. The average molecular weight is 260 g/mol. The lowest BCUT2D eigenvalue weighted by atomic mass is 9.94. The van der Waals surface area contributed by atoms with Crippen LogP contribution in [-0.2, 0) is 0 Å². The van der Waals surface area contributed by atoms with E-state index < -0.39 is 0 Å². The zero-order valence-corrected chi connectivity index (χ0v) is 11.8. The summed E-state index contributed by atoms with van der Waals surface area (Å²) in [5.74, 6) is 0. The molecule has 1 unspecified atom stereocenters. The molecule has 0 aliphatic rings. The van der Waals surface area contributed by atoms with Gasteiger partial charge in [0.2, 0.25) is 0 Å². The molecule has 0 saturated heterocycles. The van der Waals surface area contributed by atoms with Crippen LogP contribution in [0.2, 0.25) is 5.02 Å². The second-order valence-corrected chi connectivity index (χ2v) is 4.99. The summed E-state index contributed by atoms with van der Waals surface area (Å²) in [4.78, 5) is 0. The maximum Gasteiger partial charge on any atom is 0.0577 e. The Morgan fingerprint density at radius 3 is 2.28 bits per heavy atom. The highest BCUT2D eigenvalue weighted by molar-refractivity contribution is 6.31. The highest BCUT2D eigenvalue weighted by Crippen LogP contribution is 2.28. The van der Waals surface area contributed by atoms with Crippen molar-refractivity contribution in [3.8, 4) is 0 Å². The molecule has 2 aromatic carbocycles. The molecule has 1 N–H and O–H groups in total. The molecule has 2 heteroatoms. The van der Waals surface area contributed by atoms with Crippen molar-refractivity contribution < 1.29 is 0 Å². The predicted octanol–water partition coefficient (Wildman–Crippen LogP) is 4.27. The Hall–Kier alpha value is -1.31. The number of hydrogen-bond acceptors (Lipinski definition) is 1. The van der Waals surface area contributed by atoms with Gasteiger partial charge in [-0.15, -0.1) is 0 Å². The Morgan fingerprint density at radius 2 is 1.67 bits per heavy atom. The highest BCUT2D eigenvalue weighted by Gasteiger charge is 2.14. The second kappa shape index (κ2) is 5.55. The van der Waals surface area contributed by atoms with Gasteiger partial charge in [0.15, 0.2) is 0 Å². The van der Waals surface area contributed by atoms with Crippen LogP contribution in [0, 0.1) is 13.8 Å². The minimum atomic E-state index is 0.185. The fourth-order valence-electron chi connectivity index (χ4n) is 2.20. The molecule has 0 aliphatic carbocycles. The minimum absolute atomic E-state index is 0.185. The van der Waals surface area contributed by atoms with Crippen molar-refractivity contribution in [3.05, 3.63) is 69.7 Å². The molecule has 0 bridgehead atoms. The van der Waals surface area contributed by atoms with Crippen LogP contribution in [0.3, 0.4) is 0 Å². The van der Waals surface area contributed by atoms with Crippen LogP contribution in [0.25, 0.3) is 0 Å². The van der Waals surface area contributed by atoms with E-state index in [1.807, 2.05) is 19.2 Å². The van der Waals surface area contributed by atoms with Gasteiger partial charge in [-0.3, -0.25) is 0 Å². The van der Waals surface area contributed by atoms with E-state index in [1.165, 1.54) is 16.7 Å². The van der Waals surface area contributed by atoms with Crippen molar-refractivity contribution in [2.45, 2.75) is 19.9 Å². The van der Waals surface area contributed by atoms with E-state index in [1.54, 1.807) is 0 Å². The quantitative estimate of drug-likeness (QED) is 0.868. The molecule has 1 atom stereocenters. The minimum Gasteiger partial charge on any atom is -0.309 e. The van der Waals surface area contributed by atoms with Crippen molar-refractivity contribution in [2.75, 3.05) is 7.05 Å². The molecular formula is C16H18ClN. The maximum atomic E-state index is 6.20. The van der Waals surface area contributed by atoms with E-state index in [2.05, 4.69) is 49.5 Å². The van der Waals surface area contributed by atoms with Gasteiger partial charge in [-0.1, -0.05) is 53.6 Å². The van der Waals surface area contributed by atoms with Crippen molar-refractivity contribution in [2.24, 2.45) is 0 Å².